The van der Waals surface area contributed by atoms with Gasteiger partial charge in [0.25, 0.3) is 0 Å². The van der Waals surface area contributed by atoms with Crippen molar-refractivity contribution >= 4 is 16.0 Å². The molecule has 0 amide bonds. The second-order valence-corrected chi connectivity index (χ2v) is 7.68. The van der Waals surface area contributed by atoms with Crippen LogP contribution < -0.4 is 4.72 Å². The molecule has 2 N–H and O–H groups in total. The van der Waals surface area contributed by atoms with Crippen molar-refractivity contribution in [3.8, 4) is 0 Å². The van der Waals surface area contributed by atoms with Crippen molar-refractivity contribution in [1.29, 1.82) is 0 Å². The van der Waals surface area contributed by atoms with E-state index >= 15 is 0 Å². The molecule has 0 aromatic heterocycles. The quantitative estimate of drug-likeness (QED) is 0.699. The van der Waals surface area contributed by atoms with Gasteiger partial charge in [-0.1, -0.05) is 12.1 Å². The van der Waals surface area contributed by atoms with Crippen molar-refractivity contribution in [2.24, 2.45) is 5.92 Å². The summed E-state index contributed by atoms with van der Waals surface area (Å²) in [4.78, 5) is 13.1. The molecule has 0 saturated heterocycles. The van der Waals surface area contributed by atoms with Gasteiger partial charge in [-0.05, 0) is 57.1 Å². The number of carboxylic acids is 1. The van der Waals surface area contributed by atoms with Crippen LogP contribution in [0.3, 0.4) is 0 Å². The Hall–Kier alpha value is -1.44. The highest BCUT2D eigenvalue weighted by Crippen LogP contribution is 2.47. The normalized spacial score (nSPS) is 21.0. The minimum Gasteiger partial charge on any atom is -0.481 e. The summed E-state index contributed by atoms with van der Waals surface area (Å²) >= 11 is 0. The van der Waals surface area contributed by atoms with Gasteiger partial charge in [-0.2, -0.15) is 0 Å². The molecule has 0 heterocycles. The summed E-state index contributed by atoms with van der Waals surface area (Å²) < 4.78 is 26.8. The van der Waals surface area contributed by atoms with Gasteiger partial charge in [0.05, 0.1) is 10.8 Å². The van der Waals surface area contributed by atoms with Crippen LogP contribution in [0.15, 0.2) is 29.2 Å². The summed E-state index contributed by atoms with van der Waals surface area (Å²) in [6.45, 7) is 1.21. The van der Waals surface area contributed by atoms with E-state index in [1.54, 1.807) is 24.3 Å². The van der Waals surface area contributed by atoms with Crippen LogP contribution in [-0.4, -0.2) is 51.6 Å². The molecule has 6 nitrogen and oxygen atoms in total. The molecule has 1 aromatic rings. The summed E-state index contributed by atoms with van der Waals surface area (Å²) in [5.74, 6) is -1.10. The molecule has 0 aliphatic heterocycles. The number of rotatable bonds is 8. The smallest absolute Gasteiger partial charge is 0.307 e. The van der Waals surface area contributed by atoms with E-state index in [2.05, 4.69) is 4.72 Å². The number of aliphatic carboxylic acids is 1. The Bertz CT molecular complexity index is 625. The van der Waals surface area contributed by atoms with Crippen LogP contribution in [0.2, 0.25) is 0 Å². The van der Waals surface area contributed by atoms with Crippen molar-refractivity contribution in [2.75, 3.05) is 27.2 Å². The third-order valence-corrected chi connectivity index (χ3v) is 5.28. The zero-order chi connectivity index (χ0) is 16.3. The van der Waals surface area contributed by atoms with Gasteiger partial charge in [-0.3, -0.25) is 4.79 Å². The van der Waals surface area contributed by atoms with Gasteiger partial charge in [0.1, 0.15) is 0 Å². The van der Waals surface area contributed by atoms with Crippen molar-refractivity contribution < 1.29 is 18.3 Å². The molecule has 22 heavy (non-hydrogen) atoms. The molecule has 2 atom stereocenters. The molecule has 1 aliphatic rings. The Morgan fingerprint density at radius 3 is 2.45 bits per heavy atom. The molecule has 2 rings (SSSR count). The molecule has 0 bridgehead atoms. The van der Waals surface area contributed by atoms with Crippen LogP contribution in [-0.2, 0) is 14.8 Å². The number of benzene rings is 1. The first-order valence-electron chi connectivity index (χ1n) is 7.28. The van der Waals surface area contributed by atoms with Gasteiger partial charge in [0.2, 0.25) is 10.0 Å². The fourth-order valence-electron chi connectivity index (χ4n) is 2.42. The predicted molar refractivity (Wildman–Crippen MR) is 83.3 cm³/mol. The summed E-state index contributed by atoms with van der Waals surface area (Å²) in [7, 11) is 0.385. The van der Waals surface area contributed by atoms with E-state index < -0.39 is 16.0 Å². The molecule has 122 valence electrons. The van der Waals surface area contributed by atoms with E-state index in [-0.39, 0.29) is 16.7 Å². The zero-order valence-corrected chi connectivity index (χ0v) is 13.6. The Morgan fingerprint density at radius 2 is 1.95 bits per heavy atom. The molecule has 1 aliphatic carbocycles. The Morgan fingerprint density at radius 1 is 1.32 bits per heavy atom. The van der Waals surface area contributed by atoms with Gasteiger partial charge in [-0.15, -0.1) is 0 Å². The maximum absolute atomic E-state index is 12.1. The molecule has 7 heteroatoms. The third kappa shape index (κ3) is 4.28. The minimum atomic E-state index is -3.49. The van der Waals surface area contributed by atoms with Crippen molar-refractivity contribution in [3.05, 3.63) is 29.8 Å². The highest BCUT2D eigenvalue weighted by atomic mass is 32.2. The zero-order valence-electron chi connectivity index (χ0n) is 12.8. The summed E-state index contributed by atoms with van der Waals surface area (Å²) in [6, 6.07) is 6.51. The van der Waals surface area contributed by atoms with Crippen LogP contribution in [0.5, 0.6) is 0 Å². The molecule has 0 radical (unpaired) electrons. The lowest BCUT2D eigenvalue weighted by Crippen LogP contribution is -2.27. The number of hydrogen-bond donors (Lipinski definition) is 2. The average Bonchev–Trinajstić information content (AvgIpc) is 3.24. The minimum absolute atomic E-state index is 0.0160. The van der Waals surface area contributed by atoms with Crippen LogP contribution in [0, 0.1) is 5.92 Å². The lowest BCUT2D eigenvalue weighted by Gasteiger charge is -2.10. The number of carboxylic acid groups (broad SMARTS) is 1. The van der Waals surface area contributed by atoms with Gasteiger partial charge < -0.3 is 10.0 Å². The first-order valence-corrected chi connectivity index (χ1v) is 8.77. The number of nitrogens with zero attached hydrogens (tertiary/aromatic N) is 1. The number of nitrogens with one attached hydrogen (secondary N) is 1. The Balaban J connectivity index is 1.93. The van der Waals surface area contributed by atoms with Gasteiger partial charge in [0.15, 0.2) is 0 Å². The largest absolute Gasteiger partial charge is 0.481 e. The molecule has 0 unspecified atom stereocenters. The van der Waals surface area contributed by atoms with Gasteiger partial charge in [0, 0.05) is 6.54 Å². The van der Waals surface area contributed by atoms with E-state index in [4.69, 9.17) is 5.11 Å². The fourth-order valence-corrected chi connectivity index (χ4v) is 3.49. The monoisotopic (exact) mass is 326 g/mol. The molecule has 1 aromatic carbocycles. The van der Waals surface area contributed by atoms with Crippen molar-refractivity contribution in [1.82, 2.24) is 9.62 Å². The van der Waals surface area contributed by atoms with Crippen molar-refractivity contribution in [2.45, 2.75) is 23.7 Å². The third-order valence-electron chi connectivity index (χ3n) is 3.80. The highest BCUT2D eigenvalue weighted by Gasteiger charge is 2.44. The van der Waals surface area contributed by atoms with E-state index in [0.717, 1.165) is 18.5 Å². The lowest BCUT2D eigenvalue weighted by molar-refractivity contribution is -0.138. The molecular formula is C15H22N2O4S. The standard InChI is InChI=1S/C15H22N2O4S/c1-17(2)9-3-8-16-22(20,21)12-6-4-11(5-7-12)13-10-14(13)15(18)19/h4-7,13-14,16H,3,8-10H2,1-2H3,(H,18,19)/t13-,14+/m0/s1. The van der Waals surface area contributed by atoms with Crippen LogP contribution >= 0.6 is 0 Å². The first kappa shape index (κ1) is 16.9. The lowest BCUT2D eigenvalue weighted by atomic mass is 10.1. The van der Waals surface area contributed by atoms with Crippen molar-refractivity contribution in [3.63, 3.8) is 0 Å². The van der Waals surface area contributed by atoms with E-state index in [1.807, 2.05) is 19.0 Å². The summed E-state index contributed by atoms with van der Waals surface area (Å²) in [5, 5.41) is 8.92. The topological polar surface area (TPSA) is 86.7 Å². The number of carbonyl (C=O) groups is 1. The number of hydrogen-bond acceptors (Lipinski definition) is 4. The van der Waals surface area contributed by atoms with Crippen LogP contribution in [0.1, 0.15) is 24.3 Å². The van der Waals surface area contributed by atoms with Crippen LogP contribution in [0.4, 0.5) is 0 Å². The predicted octanol–water partition coefficient (Wildman–Crippen LogP) is 1.10. The molecule has 0 spiro atoms. The maximum Gasteiger partial charge on any atom is 0.307 e. The van der Waals surface area contributed by atoms with E-state index in [9.17, 15) is 13.2 Å². The molecule has 1 saturated carbocycles. The average molecular weight is 326 g/mol. The van der Waals surface area contributed by atoms with E-state index in [0.29, 0.717) is 13.0 Å². The Labute approximate surface area is 131 Å². The number of sulfonamides is 1. The summed E-state index contributed by atoms with van der Waals surface area (Å²) in [5.41, 5.74) is 0.888. The second-order valence-electron chi connectivity index (χ2n) is 5.91. The Kier molecular flexibility index (Phi) is 5.20. The van der Waals surface area contributed by atoms with E-state index in [1.165, 1.54) is 0 Å². The summed E-state index contributed by atoms with van der Waals surface area (Å²) in [6.07, 6.45) is 1.37. The fraction of sp³-hybridized carbons (Fsp3) is 0.533. The SMILES string of the molecule is CN(C)CCCNS(=O)(=O)c1ccc([C@@H]2C[C@H]2C(=O)O)cc1. The molecular weight excluding hydrogens is 304 g/mol. The van der Waals surface area contributed by atoms with Gasteiger partial charge >= 0.3 is 5.97 Å². The second kappa shape index (κ2) is 6.76. The first-order chi connectivity index (χ1) is 10.3. The van der Waals surface area contributed by atoms with Crippen LogP contribution in [0.25, 0.3) is 0 Å². The highest BCUT2D eigenvalue weighted by molar-refractivity contribution is 7.89. The maximum atomic E-state index is 12.1. The van der Waals surface area contributed by atoms with Gasteiger partial charge in [-0.25, -0.2) is 13.1 Å². The molecule has 1 fully saturated rings.